The third-order valence-corrected chi connectivity index (χ3v) is 5.69. The second kappa shape index (κ2) is 9.18. The molecular formula is C19H20N4O6S2. The van der Waals surface area contributed by atoms with E-state index >= 15 is 0 Å². The highest BCUT2D eigenvalue weighted by Crippen LogP contribution is 2.34. The van der Waals surface area contributed by atoms with Crippen LogP contribution in [0.1, 0.15) is 36.0 Å². The Morgan fingerprint density at radius 1 is 1.16 bits per heavy atom. The van der Waals surface area contributed by atoms with Crippen molar-refractivity contribution in [3.8, 4) is 11.5 Å². The van der Waals surface area contributed by atoms with Crippen LogP contribution < -0.4 is 25.6 Å². The third-order valence-electron chi connectivity index (χ3n) is 4.29. The van der Waals surface area contributed by atoms with Crippen molar-refractivity contribution < 1.29 is 28.6 Å². The van der Waals surface area contributed by atoms with E-state index in [0.717, 1.165) is 11.3 Å². The standard InChI is InChI=1S/C19H20N4O6S2/c1-9-13(18(26)27-4)16(31-14(9)17(25)23(2)3)20-19(30)22-21-15(24)10-5-6-11-12(7-10)29-8-28-11/h5-7H,8H2,1-4H3,(H,21,24)(H2,20,22,30). The molecule has 0 fully saturated rings. The van der Waals surface area contributed by atoms with Crippen LogP contribution in [0.2, 0.25) is 0 Å². The minimum atomic E-state index is -0.610. The molecule has 0 radical (unpaired) electrons. The van der Waals surface area contributed by atoms with Crippen LogP contribution in [0.3, 0.4) is 0 Å². The molecule has 0 unspecified atom stereocenters. The number of nitrogens with zero attached hydrogens (tertiary/aromatic N) is 1. The number of carbonyl (C=O) groups excluding carboxylic acids is 3. The average Bonchev–Trinajstić information content (AvgIpc) is 3.34. The van der Waals surface area contributed by atoms with Gasteiger partial charge in [0.15, 0.2) is 16.6 Å². The summed E-state index contributed by atoms with van der Waals surface area (Å²) < 4.78 is 15.3. The zero-order valence-electron chi connectivity index (χ0n) is 17.2. The summed E-state index contributed by atoms with van der Waals surface area (Å²) in [6, 6.07) is 4.76. The summed E-state index contributed by atoms with van der Waals surface area (Å²) in [4.78, 5) is 38.8. The van der Waals surface area contributed by atoms with E-state index < -0.39 is 11.9 Å². The molecule has 0 atom stereocenters. The van der Waals surface area contributed by atoms with Crippen molar-refractivity contribution in [3.63, 3.8) is 0 Å². The number of nitrogens with one attached hydrogen (secondary N) is 3. The quantitative estimate of drug-likeness (QED) is 0.354. The molecule has 12 heteroatoms. The van der Waals surface area contributed by atoms with Crippen LogP contribution >= 0.6 is 23.6 Å². The highest BCUT2D eigenvalue weighted by atomic mass is 32.1. The van der Waals surface area contributed by atoms with E-state index in [0.29, 0.717) is 32.5 Å². The number of thiophene rings is 1. The lowest BCUT2D eigenvalue weighted by Gasteiger charge is -2.12. The molecule has 3 N–H and O–H groups in total. The van der Waals surface area contributed by atoms with Gasteiger partial charge in [0, 0.05) is 19.7 Å². The Morgan fingerprint density at radius 2 is 1.87 bits per heavy atom. The molecule has 2 amide bonds. The van der Waals surface area contributed by atoms with Gasteiger partial charge in [-0.3, -0.25) is 20.4 Å². The highest BCUT2D eigenvalue weighted by Gasteiger charge is 2.26. The number of amides is 2. The number of methoxy groups -OCH3 is 1. The molecule has 3 rings (SSSR count). The number of hydrogen-bond acceptors (Lipinski definition) is 8. The molecular weight excluding hydrogens is 444 g/mol. The van der Waals surface area contributed by atoms with Crippen molar-refractivity contribution in [1.29, 1.82) is 0 Å². The number of rotatable bonds is 4. The molecule has 31 heavy (non-hydrogen) atoms. The number of hydrazine groups is 1. The Labute approximate surface area is 187 Å². The lowest BCUT2D eigenvalue weighted by molar-refractivity contribution is 0.0601. The van der Waals surface area contributed by atoms with Crippen molar-refractivity contribution in [1.82, 2.24) is 15.8 Å². The van der Waals surface area contributed by atoms with Crippen LogP contribution in [0, 0.1) is 6.92 Å². The molecule has 1 aromatic heterocycles. The first-order valence-corrected chi connectivity index (χ1v) is 10.2. The number of fused-ring (bicyclic) bond motifs is 1. The van der Waals surface area contributed by atoms with Crippen LogP contribution in [-0.4, -0.2) is 55.8 Å². The highest BCUT2D eigenvalue weighted by molar-refractivity contribution is 7.80. The lowest BCUT2D eigenvalue weighted by Crippen LogP contribution is -2.43. The SMILES string of the molecule is COC(=O)c1c(NC(=S)NNC(=O)c2ccc3c(c2)OCO3)sc(C(=O)N(C)C)c1C. The predicted octanol–water partition coefficient (Wildman–Crippen LogP) is 1.91. The zero-order valence-corrected chi connectivity index (χ0v) is 18.8. The van der Waals surface area contributed by atoms with Crippen molar-refractivity contribution in [2.75, 3.05) is 33.3 Å². The fraction of sp³-hybridized carbons (Fsp3) is 0.263. The van der Waals surface area contributed by atoms with Crippen LogP contribution in [0.5, 0.6) is 11.5 Å². The predicted molar refractivity (Wildman–Crippen MR) is 118 cm³/mol. The first kappa shape index (κ1) is 22.3. The van der Waals surface area contributed by atoms with E-state index in [2.05, 4.69) is 16.2 Å². The topological polar surface area (TPSA) is 118 Å². The molecule has 10 nitrogen and oxygen atoms in total. The normalized spacial score (nSPS) is 11.5. The van der Waals surface area contributed by atoms with Gasteiger partial charge in [-0.25, -0.2) is 4.79 Å². The van der Waals surface area contributed by atoms with Crippen molar-refractivity contribution in [3.05, 3.63) is 39.8 Å². The smallest absolute Gasteiger partial charge is 0.341 e. The third kappa shape index (κ3) is 4.70. The van der Waals surface area contributed by atoms with E-state index in [1.807, 2.05) is 0 Å². The number of benzene rings is 1. The fourth-order valence-corrected chi connectivity index (χ4v) is 4.15. The van der Waals surface area contributed by atoms with E-state index in [1.54, 1.807) is 39.2 Å². The molecule has 0 saturated carbocycles. The van der Waals surface area contributed by atoms with Gasteiger partial charge in [-0.05, 0) is 42.9 Å². The summed E-state index contributed by atoms with van der Waals surface area (Å²) in [7, 11) is 4.48. The van der Waals surface area contributed by atoms with Crippen LogP contribution in [0.25, 0.3) is 0 Å². The zero-order chi connectivity index (χ0) is 22.7. The summed E-state index contributed by atoms with van der Waals surface area (Å²) in [5.41, 5.74) is 6.04. The second-order valence-corrected chi connectivity index (χ2v) is 7.98. The van der Waals surface area contributed by atoms with Gasteiger partial charge in [0.25, 0.3) is 11.8 Å². The number of esters is 1. The minimum absolute atomic E-state index is 0.0179. The van der Waals surface area contributed by atoms with Crippen molar-refractivity contribution >= 4 is 51.5 Å². The summed E-state index contributed by atoms with van der Waals surface area (Å²) in [5, 5.41) is 3.18. The van der Waals surface area contributed by atoms with Gasteiger partial charge >= 0.3 is 5.97 Å². The molecule has 1 aliphatic rings. The van der Waals surface area contributed by atoms with Crippen molar-refractivity contribution in [2.24, 2.45) is 0 Å². The van der Waals surface area contributed by atoms with E-state index in [1.165, 1.54) is 12.0 Å². The van der Waals surface area contributed by atoms with Crippen LogP contribution in [-0.2, 0) is 4.74 Å². The maximum atomic E-state index is 12.4. The number of ether oxygens (including phenoxy) is 3. The summed E-state index contributed by atoms with van der Waals surface area (Å²) in [6.07, 6.45) is 0. The van der Waals surface area contributed by atoms with Crippen LogP contribution in [0.15, 0.2) is 18.2 Å². The van der Waals surface area contributed by atoms with Gasteiger partial charge < -0.3 is 24.4 Å². The maximum Gasteiger partial charge on any atom is 0.341 e. The molecule has 0 bridgehead atoms. The molecule has 0 spiro atoms. The number of anilines is 1. The minimum Gasteiger partial charge on any atom is -0.465 e. The lowest BCUT2D eigenvalue weighted by atomic mass is 10.1. The number of hydrogen-bond donors (Lipinski definition) is 3. The average molecular weight is 465 g/mol. The molecule has 164 valence electrons. The first-order chi connectivity index (χ1) is 14.7. The van der Waals surface area contributed by atoms with Gasteiger partial charge in [-0.1, -0.05) is 0 Å². The molecule has 0 aliphatic carbocycles. The van der Waals surface area contributed by atoms with Crippen LogP contribution in [0.4, 0.5) is 5.00 Å². The van der Waals surface area contributed by atoms with Gasteiger partial charge in [0.2, 0.25) is 6.79 Å². The van der Waals surface area contributed by atoms with Gasteiger partial charge in [0.1, 0.15) is 5.00 Å². The molecule has 1 aliphatic heterocycles. The monoisotopic (exact) mass is 464 g/mol. The Balaban J connectivity index is 1.71. The summed E-state index contributed by atoms with van der Waals surface area (Å²) >= 11 is 6.28. The van der Waals surface area contributed by atoms with Gasteiger partial charge in [-0.15, -0.1) is 11.3 Å². The second-order valence-electron chi connectivity index (χ2n) is 6.55. The number of thiocarbonyl (C=S) groups is 1. The van der Waals surface area contributed by atoms with Crippen molar-refractivity contribution in [2.45, 2.75) is 6.92 Å². The van der Waals surface area contributed by atoms with Gasteiger partial charge in [0.05, 0.1) is 17.6 Å². The maximum absolute atomic E-state index is 12.4. The first-order valence-electron chi connectivity index (χ1n) is 8.93. The molecule has 1 aromatic carbocycles. The van der Waals surface area contributed by atoms with E-state index in [4.69, 9.17) is 26.4 Å². The Hall–Kier alpha value is -3.38. The summed E-state index contributed by atoms with van der Waals surface area (Å²) in [6.45, 7) is 1.76. The van der Waals surface area contributed by atoms with E-state index in [9.17, 15) is 14.4 Å². The number of carbonyl (C=O) groups is 3. The summed E-state index contributed by atoms with van der Waals surface area (Å²) in [5.74, 6) is -0.283. The van der Waals surface area contributed by atoms with Gasteiger partial charge in [-0.2, -0.15) is 0 Å². The Bertz CT molecular complexity index is 1070. The molecule has 0 saturated heterocycles. The Kier molecular flexibility index (Phi) is 6.61. The molecule has 2 aromatic rings. The largest absolute Gasteiger partial charge is 0.465 e. The Morgan fingerprint density at radius 3 is 2.55 bits per heavy atom. The fourth-order valence-electron chi connectivity index (χ4n) is 2.71. The molecule has 2 heterocycles. The van der Waals surface area contributed by atoms with E-state index in [-0.39, 0.29) is 23.4 Å².